The summed E-state index contributed by atoms with van der Waals surface area (Å²) in [5.41, 5.74) is 2.21. The van der Waals surface area contributed by atoms with Crippen LogP contribution in [-0.2, 0) is 6.42 Å². The lowest BCUT2D eigenvalue weighted by Crippen LogP contribution is -1.93. The third-order valence-electron chi connectivity index (χ3n) is 2.26. The molecule has 73 valence electrons. The number of furan rings is 1. The van der Waals surface area contributed by atoms with E-state index in [1.807, 2.05) is 13.0 Å². The summed E-state index contributed by atoms with van der Waals surface area (Å²) in [7, 11) is 0. The topological polar surface area (TPSA) is 13.1 Å². The normalized spacial score (nSPS) is 11.4. The standard InChI is InChI=1S/C13H15O/c1-9(2)6-11-4-5-13-12(8-11)7-10(3)14-13/h5,7-9H,6H2,1-3H3. The van der Waals surface area contributed by atoms with Crippen molar-refractivity contribution in [1.29, 1.82) is 0 Å². The second-order valence-electron chi connectivity index (χ2n) is 4.23. The van der Waals surface area contributed by atoms with Gasteiger partial charge in [0.25, 0.3) is 0 Å². The monoisotopic (exact) mass is 187 g/mol. The van der Waals surface area contributed by atoms with E-state index in [1.54, 1.807) is 0 Å². The van der Waals surface area contributed by atoms with E-state index in [0.717, 1.165) is 17.8 Å². The minimum atomic E-state index is 0.677. The van der Waals surface area contributed by atoms with Crippen LogP contribution in [-0.4, -0.2) is 0 Å². The summed E-state index contributed by atoms with van der Waals surface area (Å²) in [5.74, 6) is 1.65. The highest BCUT2D eigenvalue weighted by Crippen LogP contribution is 2.21. The number of fused-ring (bicyclic) bond motifs is 1. The minimum absolute atomic E-state index is 0.677. The Morgan fingerprint density at radius 1 is 1.36 bits per heavy atom. The Hall–Kier alpha value is -1.24. The molecule has 0 fully saturated rings. The zero-order chi connectivity index (χ0) is 10.1. The van der Waals surface area contributed by atoms with Crippen molar-refractivity contribution in [2.75, 3.05) is 0 Å². The fourth-order valence-electron chi connectivity index (χ4n) is 1.72. The Kier molecular flexibility index (Phi) is 2.32. The molecule has 0 spiro atoms. The molecule has 0 aliphatic heterocycles. The zero-order valence-electron chi connectivity index (χ0n) is 8.92. The van der Waals surface area contributed by atoms with Crippen molar-refractivity contribution >= 4 is 11.0 Å². The van der Waals surface area contributed by atoms with Crippen LogP contribution in [0.2, 0.25) is 0 Å². The Morgan fingerprint density at radius 2 is 2.14 bits per heavy atom. The first-order valence-electron chi connectivity index (χ1n) is 5.06. The molecule has 0 saturated carbocycles. The summed E-state index contributed by atoms with van der Waals surface area (Å²) in [5, 5.41) is 1.19. The second-order valence-corrected chi connectivity index (χ2v) is 4.23. The summed E-state index contributed by atoms with van der Waals surface area (Å²) >= 11 is 0. The van der Waals surface area contributed by atoms with Crippen molar-refractivity contribution in [2.45, 2.75) is 27.2 Å². The molecule has 0 amide bonds. The van der Waals surface area contributed by atoms with Gasteiger partial charge >= 0.3 is 0 Å². The summed E-state index contributed by atoms with van der Waals surface area (Å²) < 4.78 is 5.50. The van der Waals surface area contributed by atoms with Crippen LogP contribution in [0.15, 0.2) is 22.6 Å². The molecule has 1 aromatic carbocycles. The number of hydrogen-bond donors (Lipinski definition) is 0. The van der Waals surface area contributed by atoms with Crippen molar-refractivity contribution in [3.63, 3.8) is 0 Å². The number of aryl methyl sites for hydroxylation is 1. The predicted molar refractivity (Wildman–Crippen MR) is 58.3 cm³/mol. The van der Waals surface area contributed by atoms with E-state index in [9.17, 15) is 0 Å². The average molecular weight is 187 g/mol. The first-order chi connectivity index (χ1) is 6.65. The fraction of sp³-hybridized carbons (Fsp3) is 0.385. The summed E-state index contributed by atoms with van der Waals surface area (Å²) in [4.78, 5) is 0. The van der Waals surface area contributed by atoms with Gasteiger partial charge in [-0.2, -0.15) is 0 Å². The lowest BCUT2D eigenvalue weighted by Gasteiger charge is -2.03. The lowest BCUT2D eigenvalue weighted by molar-refractivity contribution is 0.578. The molecule has 0 unspecified atom stereocenters. The maximum absolute atomic E-state index is 5.50. The Balaban J connectivity index is 2.40. The average Bonchev–Trinajstić information content (AvgIpc) is 2.42. The molecule has 14 heavy (non-hydrogen) atoms. The van der Waals surface area contributed by atoms with Crippen molar-refractivity contribution in [1.82, 2.24) is 0 Å². The Labute approximate surface area is 84.7 Å². The number of hydrogen-bond acceptors (Lipinski definition) is 1. The van der Waals surface area contributed by atoms with E-state index < -0.39 is 0 Å². The third-order valence-corrected chi connectivity index (χ3v) is 2.26. The van der Waals surface area contributed by atoms with Gasteiger partial charge in [-0.1, -0.05) is 13.8 Å². The van der Waals surface area contributed by atoms with Crippen molar-refractivity contribution < 1.29 is 4.42 Å². The number of benzene rings is 1. The van der Waals surface area contributed by atoms with Crippen LogP contribution in [0.1, 0.15) is 25.2 Å². The molecule has 0 aliphatic carbocycles. The van der Waals surface area contributed by atoms with Gasteiger partial charge in [0.1, 0.15) is 11.3 Å². The first-order valence-corrected chi connectivity index (χ1v) is 5.06. The second kappa shape index (κ2) is 3.49. The molecule has 2 aromatic rings. The lowest BCUT2D eigenvalue weighted by atomic mass is 10.0. The van der Waals surface area contributed by atoms with E-state index in [2.05, 4.69) is 32.0 Å². The Morgan fingerprint density at radius 3 is 2.86 bits per heavy atom. The quantitative estimate of drug-likeness (QED) is 0.698. The third kappa shape index (κ3) is 1.82. The van der Waals surface area contributed by atoms with Gasteiger partial charge in [0, 0.05) is 5.39 Å². The molecule has 2 rings (SSSR count). The van der Waals surface area contributed by atoms with E-state index in [1.165, 1.54) is 10.9 Å². The van der Waals surface area contributed by atoms with E-state index in [4.69, 9.17) is 4.42 Å². The van der Waals surface area contributed by atoms with Crippen molar-refractivity contribution in [2.24, 2.45) is 5.92 Å². The molecule has 0 bridgehead atoms. The molecule has 0 saturated heterocycles. The van der Waals surface area contributed by atoms with E-state index in [0.29, 0.717) is 5.92 Å². The fourth-order valence-corrected chi connectivity index (χ4v) is 1.72. The molecule has 1 heterocycles. The first kappa shape index (κ1) is 9.32. The van der Waals surface area contributed by atoms with Gasteiger partial charge in [0.2, 0.25) is 0 Å². The van der Waals surface area contributed by atoms with Gasteiger partial charge in [0.05, 0.1) is 0 Å². The van der Waals surface area contributed by atoms with Gasteiger partial charge in [-0.05, 0) is 49.1 Å². The van der Waals surface area contributed by atoms with Gasteiger partial charge in [0.15, 0.2) is 0 Å². The molecule has 1 nitrogen and oxygen atoms in total. The maximum Gasteiger partial charge on any atom is 0.134 e. The summed E-state index contributed by atoms with van der Waals surface area (Å²) in [6.07, 6.45) is 1.08. The van der Waals surface area contributed by atoms with E-state index in [-0.39, 0.29) is 0 Å². The number of rotatable bonds is 2. The molecular formula is C13H15O. The van der Waals surface area contributed by atoms with Crippen LogP contribution < -0.4 is 0 Å². The highest BCUT2D eigenvalue weighted by atomic mass is 16.3. The van der Waals surface area contributed by atoms with Crippen LogP contribution in [0, 0.1) is 18.9 Å². The largest absolute Gasteiger partial charge is 0.461 e. The van der Waals surface area contributed by atoms with Gasteiger partial charge < -0.3 is 4.42 Å². The van der Waals surface area contributed by atoms with Crippen molar-refractivity contribution in [3.05, 3.63) is 35.6 Å². The molecule has 0 N–H and O–H groups in total. The molecule has 0 aliphatic rings. The van der Waals surface area contributed by atoms with Crippen LogP contribution in [0.3, 0.4) is 0 Å². The zero-order valence-corrected chi connectivity index (χ0v) is 8.92. The Bertz CT molecular complexity index is 437. The minimum Gasteiger partial charge on any atom is -0.461 e. The summed E-state index contributed by atoms with van der Waals surface area (Å²) in [6.45, 7) is 6.42. The molecule has 1 radical (unpaired) electrons. The van der Waals surface area contributed by atoms with Crippen molar-refractivity contribution in [3.8, 4) is 0 Å². The molecular weight excluding hydrogens is 172 g/mol. The SMILES string of the molecule is Cc1cc2cc(CC(C)C)[c]cc2o1. The highest BCUT2D eigenvalue weighted by Gasteiger charge is 2.03. The van der Waals surface area contributed by atoms with Gasteiger partial charge in [-0.3, -0.25) is 0 Å². The predicted octanol–water partition coefficient (Wildman–Crippen LogP) is 3.74. The van der Waals surface area contributed by atoms with Crippen LogP contribution in [0.25, 0.3) is 11.0 Å². The molecule has 1 heteroatoms. The molecule has 1 aromatic heterocycles. The smallest absolute Gasteiger partial charge is 0.134 e. The van der Waals surface area contributed by atoms with E-state index >= 15 is 0 Å². The molecule has 0 atom stereocenters. The van der Waals surface area contributed by atoms with Gasteiger partial charge in [-0.25, -0.2) is 0 Å². The maximum atomic E-state index is 5.50. The summed E-state index contributed by atoms with van der Waals surface area (Å²) in [6, 6.07) is 9.46. The van der Waals surface area contributed by atoms with Crippen LogP contribution in [0.4, 0.5) is 0 Å². The van der Waals surface area contributed by atoms with Crippen LogP contribution >= 0.6 is 0 Å². The highest BCUT2D eigenvalue weighted by molar-refractivity contribution is 5.78. The van der Waals surface area contributed by atoms with Gasteiger partial charge in [-0.15, -0.1) is 0 Å². The van der Waals surface area contributed by atoms with Crippen LogP contribution in [0.5, 0.6) is 0 Å².